The Balaban J connectivity index is 1.96. The van der Waals surface area contributed by atoms with Gasteiger partial charge >= 0.3 is 0 Å². The van der Waals surface area contributed by atoms with Crippen molar-refractivity contribution in [3.63, 3.8) is 0 Å². The van der Waals surface area contributed by atoms with E-state index < -0.39 is 0 Å². The van der Waals surface area contributed by atoms with E-state index in [1.165, 1.54) is 18.5 Å². The molecule has 1 aromatic heterocycles. The number of hydrogen-bond acceptors (Lipinski definition) is 2. The van der Waals surface area contributed by atoms with E-state index in [9.17, 15) is 0 Å². The highest BCUT2D eigenvalue weighted by molar-refractivity contribution is 5.12. The summed E-state index contributed by atoms with van der Waals surface area (Å²) in [5, 5.41) is 7.74. The summed E-state index contributed by atoms with van der Waals surface area (Å²) in [6.45, 7) is 3.13. The maximum absolute atomic E-state index is 4.54. The van der Waals surface area contributed by atoms with Crippen LogP contribution in [0, 0.1) is 0 Å². The van der Waals surface area contributed by atoms with Gasteiger partial charge < -0.3 is 5.32 Å². The highest BCUT2D eigenvalue weighted by atomic mass is 15.3. The van der Waals surface area contributed by atoms with Crippen molar-refractivity contribution in [3.8, 4) is 0 Å². The summed E-state index contributed by atoms with van der Waals surface area (Å²) in [6.07, 6.45) is 4.75. The van der Waals surface area contributed by atoms with Crippen LogP contribution in [0.25, 0.3) is 0 Å². The zero-order chi connectivity index (χ0) is 9.26. The fraction of sp³-hybridized carbons (Fsp3) is 0.700. The molecule has 1 N–H and O–H groups in total. The molecule has 0 bridgehead atoms. The van der Waals surface area contributed by atoms with Crippen LogP contribution in [0.2, 0.25) is 0 Å². The zero-order valence-electron chi connectivity index (χ0n) is 8.33. The molecule has 0 amide bonds. The Kier molecular flexibility index (Phi) is 2.36. The lowest BCUT2D eigenvalue weighted by molar-refractivity contribution is 0.478. The van der Waals surface area contributed by atoms with Gasteiger partial charge in [-0.25, -0.2) is 0 Å². The minimum Gasteiger partial charge on any atom is -0.315 e. The van der Waals surface area contributed by atoms with Crippen LogP contribution in [0.1, 0.15) is 31.4 Å². The highest BCUT2D eigenvalue weighted by Crippen LogP contribution is 2.38. The van der Waals surface area contributed by atoms with Gasteiger partial charge in [0.2, 0.25) is 0 Å². The van der Waals surface area contributed by atoms with Gasteiger partial charge in [-0.3, -0.25) is 4.68 Å². The van der Waals surface area contributed by atoms with Gasteiger partial charge in [0.15, 0.2) is 0 Å². The Morgan fingerprint density at radius 2 is 2.46 bits per heavy atom. The number of nitrogens with one attached hydrogen (secondary N) is 1. The Morgan fingerprint density at radius 1 is 1.69 bits per heavy atom. The Hall–Kier alpha value is -0.830. The SMILES string of the molecule is CNC(C)Cn1ccc(C2CC2)n1. The second-order valence-corrected chi connectivity index (χ2v) is 3.93. The number of hydrogen-bond donors (Lipinski definition) is 1. The van der Waals surface area contributed by atoms with Crippen LogP contribution < -0.4 is 5.32 Å². The van der Waals surface area contributed by atoms with Crippen molar-refractivity contribution >= 4 is 0 Å². The topological polar surface area (TPSA) is 29.9 Å². The molecule has 3 nitrogen and oxygen atoms in total. The van der Waals surface area contributed by atoms with E-state index in [0.29, 0.717) is 6.04 Å². The highest BCUT2D eigenvalue weighted by Gasteiger charge is 2.25. The van der Waals surface area contributed by atoms with E-state index in [0.717, 1.165) is 12.5 Å². The monoisotopic (exact) mass is 179 g/mol. The average Bonchev–Trinajstić information content (AvgIpc) is 2.88. The summed E-state index contributed by atoms with van der Waals surface area (Å²) in [5.41, 5.74) is 1.28. The molecular formula is C10H17N3. The third-order valence-corrected chi connectivity index (χ3v) is 2.61. The first kappa shape index (κ1) is 8.75. The van der Waals surface area contributed by atoms with Crippen LogP contribution in [0.4, 0.5) is 0 Å². The Morgan fingerprint density at radius 3 is 3.08 bits per heavy atom. The molecule has 1 aromatic rings. The molecule has 1 atom stereocenters. The average molecular weight is 179 g/mol. The van der Waals surface area contributed by atoms with Gasteiger partial charge in [-0.15, -0.1) is 0 Å². The lowest BCUT2D eigenvalue weighted by Crippen LogP contribution is -2.26. The van der Waals surface area contributed by atoms with E-state index in [1.54, 1.807) is 0 Å². The summed E-state index contributed by atoms with van der Waals surface area (Å²) in [6, 6.07) is 2.65. The Bertz CT molecular complexity index is 275. The van der Waals surface area contributed by atoms with Crippen molar-refractivity contribution in [2.45, 2.75) is 38.3 Å². The van der Waals surface area contributed by atoms with Crippen molar-refractivity contribution in [2.24, 2.45) is 0 Å². The summed E-state index contributed by atoms with van der Waals surface area (Å²) < 4.78 is 2.04. The molecule has 1 fully saturated rings. The first-order valence-electron chi connectivity index (χ1n) is 5.00. The molecule has 1 aliphatic rings. The number of likely N-dealkylation sites (N-methyl/N-ethyl adjacent to an activating group) is 1. The minimum atomic E-state index is 0.493. The van der Waals surface area contributed by atoms with E-state index in [2.05, 4.69) is 29.6 Å². The van der Waals surface area contributed by atoms with E-state index in [4.69, 9.17) is 0 Å². The van der Waals surface area contributed by atoms with Gasteiger partial charge in [-0.2, -0.15) is 5.10 Å². The molecule has 2 rings (SSSR count). The van der Waals surface area contributed by atoms with Crippen LogP contribution >= 0.6 is 0 Å². The van der Waals surface area contributed by atoms with E-state index in [1.807, 2.05) is 11.7 Å². The maximum Gasteiger partial charge on any atom is 0.0655 e. The molecular weight excluding hydrogens is 162 g/mol. The smallest absolute Gasteiger partial charge is 0.0655 e. The fourth-order valence-corrected chi connectivity index (χ4v) is 1.45. The molecule has 0 radical (unpaired) electrons. The van der Waals surface area contributed by atoms with E-state index in [-0.39, 0.29) is 0 Å². The van der Waals surface area contributed by atoms with Crippen LogP contribution in [0.15, 0.2) is 12.3 Å². The van der Waals surface area contributed by atoms with Crippen LogP contribution in [0.3, 0.4) is 0 Å². The summed E-state index contributed by atoms with van der Waals surface area (Å²) in [4.78, 5) is 0. The molecule has 72 valence electrons. The molecule has 1 saturated carbocycles. The summed E-state index contributed by atoms with van der Waals surface area (Å²) >= 11 is 0. The Labute approximate surface area is 79.1 Å². The second-order valence-electron chi connectivity index (χ2n) is 3.93. The summed E-state index contributed by atoms with van der Waals surface area (Å²) in [7, 11) is 1.98. The van der Waals surface area contributed by atoms with Crippen molar-refractivity contribution in [1.82, 2.24) is 15.1 Å². The van der Waals surface area contributed by atoms with Crippen LogP contribution in [0.5, 0.6) is 0 Å². The lowest BCUT2D eigenvalue weighted by Gasteiger charge is -2.09. The van der Waals surface area contributed by atoms with Gasteiger partial charge in [0.25, 0.3) is 0 Å². The summed E-state index contributed by atoms with van der Waals surface area (Å²) in [5.74, 6) is 0.770. The molecule has 13 heavy (non-hydrogen) atoms. The third-order valence-electron chi connectivity index (χ3n) is 2.61. The van der Waals surface area contributed by atoms with Crippen molar-refractivity contribution in [3.05, 3.63) is 18.0 Å². The van der Waals surface area contributed by atoms with Gasteiger partial charge in [0.05, 0.1) is 12.2 Å². The number of nitrogens with zero attached hydrogens (tertiary/aromatic N) is 2. The van der Waals surface area contributed by atoms with Crippen LogP contribution in [-0.4, -0.2) is 22.9 Å². The third kappa shape index (κ3) is 2.10. The zero-order valence-corrected chi connectivity index (χ0v) is 8.33. The molecule has 1 aliphatic carbocycles. The lowest BCUT2D eigenvalue weighted by atomic mass is 10.3. The predicted molar refractivity (Wildman–Crippen MR) is 52.7 cm³/mol. The maximum atomic E-state index is 4.54. The predicted octanol–water partition coefficient (Wildman–Crippen LogP) is 1.37. The molecule has 0 aliphatic heterocycles. The van der Waals surface area contributed by atoms with E-state index >= 15 is 0 Å². The minimum absolute atomic E-state index is 0.493. The van der Waals surface area contributed by atoms with Gasteiger partial charge in [0, 0.05) is 18.2 Å². The van der Waals surface area contributed by atoms with Crippen molar-refractivity contribution in [2.75, 3.05) is 7.05 Å². The first-order valence-corrected chi connectivity index (χ1v) is 5.00. The normalized spacial score (nSPS) is 18.9. The first-order chi connectivity index (χ1) is 6.29. The molecule has 1 unspecified atom stereocenters. The van der Waals surface area contributed by atoms with Crippen molar-refractivity contribution in [1.29, 1.82) is 0 Å². The standard InChI is InChI=1S/C10H17N3/c1-8(11-2)7-13-6-5-10(12-13)9-3-4-9/h5-6,8-9,11H,3-4,7H2,1-2H3. The molecule has 0 aromatic carbocycles. The van der Waals surface area contributed by atoms with Gasteiger partial charge in [-0.1, -0.05) is 0 Å². The number of rotatable bonds is 4. The van der Waals surface area contributed by atoms with Gasteiger partial charge in [0.1, 0.15) is 0 Å². The second kappa shape index (κ2) is 3.50. The molecule has 0 saturated heterocycles. The molecule has 3 heteroatoms. The quantitative estimate of drug-likeness (QED) is 0.756. The largest absolute Gasteiger partial charge is 0.315 e. The fourth-order valence-electron chi connectivity index (χ4n) is 1.45. The van der Waals surface area contributed by atoms with Gasteiger partial charge in [-0.05, 0) is 32.9 Å². The number of aromatic nitrogens is 2. The van der Waals surface area contributed by atoms with Crippen molar-refractivity contribution < 1.29 is 0 Å². The molecule has 1 heterocycles. The molecule has 0 spiro atoms. The van der Waals surface area contributed by atoms with Crippen LogP contribution in [-0.2, 0) is 6.54 Å².